The summed E-state index contributed by atoms with van der Waals surface area (Å²) in [5.41, 5.74) is 2.16. The largest absolute Gasteiger partial charge is 0.350 e. The summed E-state index contributed by atoms with van der Waals surface area (Å²) >= 11 is 0. The van der Waals surface area contributed by atoms with Crippen LogP contribution in [0.15, 0.2) is 24.4 Å². The van der Waals surface area contributed by atoms with Crippen LogP contribution in [0, 0.1) is 0 Å². The Hall–Kier alpha value is -1.93. The van der Waals surface area contributed by atoms with Crippen molar-refractivity contribution < 1.29 is 23.7 Å². The van der Waals surface area contributed by atoms with Gasteiger partial charge in [0.2, 0.25) is 6.41 Å². The molecule has 2 heterocycles. The van der Waals surface area contributed by atoms with Crippen molar-refractivity contribution in [3.05, 3.63) is 30.0 Å². The third kappa shape index (κ3) is 1.94. The minimum Gasteiger partial charge on any atom is -0.350 e. The summed E-state index contributed by atoms with van der Waals surface area (Å²) < 4.78 is 23.6. The molecule has 1 aromatic heterocycles. The van der Waals surface area contributed by atoms with E-state index < -0.39 is 12.2 Å². The minimum atomic E-state index is -1.53. The summed E-state index contributed by atoms with van der Waals surface area (Å²) in [6.07, 6.45) is 1.06. The molecule has 0 bridgehead atoms. The zero-order valence-electron chi connectivity index (χ0n) is 13.8. The fourth-order valence-corrected chi connectivity index (χ4v) is 3.26. The normalized spacial score (nSPS) is 16.6. The zero-order valence-corrected chi connectivity index (χ0v) is 13.8. The number of carbonyl (C=O) groups is 1. The minimum absolute atomic E-state index is 0.389. The first-order valence-corrected chi connectivity index (χ1v) is 7.13. The molecule has 7 heteroatoms. The second kappa shape index (κ2) is 5.61. The predicted octanol–water partition coefficient (Wildman–Crippen LogP) is 1.55. The molecule has 124 valence electrons. The Balaban J connectivity index is 2.36. The number of anilines is 1. The number of methoxy groups -OCH3 is 4. The number of nitrogens with zero attached hydrogens (tertiary/aromatic N) is 2. The molecule has 1 aliphatic rings. The number of ether oxygens (including phenoxy) is 4. The van der Waals surface area contributed by atoms with Crippen molar-refractivity contribution in [1.29, 1.82) is 0 Å². The Morgan fingerprint density at radius 1 is 1.04 bits per heavy atom. The number of aryl methyl sites for hydroxylation is 1. The molecule has 1 amide bonds. The Kier molecular flexibility index (Phi) is 3.89. The number of carbonyl (C=O) groups excluding carboxylic acids is 1. The molecular weight excluding hydrogens is 300 g/mol. The van der Waals surface area contributed by atoms with E-state index in [0.29, 0.717) is 11.3 Å². The molecule has 0 spiro atoms. The number of hydrogen-bond donors (Lipinski definition) is 0. The molecule has 1 aromatic carbocycles. The van der Waals surface area contributed by atoms with E-state index >= 15 is 0 Å². The summed E-state index contributed by atoms with van der Waals surface area (Å²) in [6.45, 7) is 0. The van der Waals surface area contributed by atoms with Gasteiger partial charge in [0, 0.05) is 47.1 Å². The summed E-state index contributed by atoms with van der Waals surface area (Å²) in [5.74, 6) is -1.92. The third-order valence-corrected chi connectivity index (χ3v) is 4.30. The highest BCUT2D eigenvalue weighted by molar-refractivity contribution is 6.11. The van der Waals surface area contributed by atoms with Gasteiger partial charge in [-0.3, -0.25) is 9.69 Å². The van der Waals surface area contributed by atoms with Gasteiger partial charge in [0.05, 0.1) is 16.8 Å². The van der Waals surface area contributed by atoms with Gasteiger partial charge >= 0.3 is 0 Å². The van der Waals surface area contributed by atoms with E-state index in [4.69, 9.17) is 18.9 Å². The molecule has 0 saturated heterocycles. The van der Waals surface area contributed by atoms with Crippen molar-refractivity contribution in [3.8, 4) is 0 Å². The van der Waals surface area contributed by atoms with E-state index in [0.717, 1.165) is 10.9 Å². The highest BCUT2D eigenvalue weighted by Crippen LogP contribution is 2.47. The number of hydrogen-bond acceptors (Lipinski definition) is 5. The Morgan fingerprint density at radius 3 is 2.26 bits per heavy atom. The van der Waals surface area contributed by atoms with Gasteiger partial charge in [0.25, 0.3) is 11.7 Å². The molecule has 7 nitrogen and oxygen atoms in total. The van der Waals surface area contributed by atoms with Crippen LogP contribution in [0.25, 0.3) is 10.9 Å². The average molecular weight is 320 g/mol. The lowest BCUT2D eigenvalue weighted by atomic mass is 10.0. The maximum atomic E-state index is 13.1. The van der Waals surface area contributed by atoms with E-state index in [1.165, 1.54) is 33.3 Å². The molecule has 23 heavy (non-hydrogen) atoms. The van der Waals surface area contributed by atoms with Crippen LogP contribution in [0.3, 0.4) is 0 Å². The first-order chi connectivity index (χ1) is 11.1. The van der Waals surface area contributed by atoms with Crippen molar-refractivity contribution >= 4 is 22.5 Å². The standard InChI is InChI=1S/C16H20N2O5/c1-17-9-8-10-6-7-11-12(13(10)17)16(22-4,23-5)14(19)18(11)15(20-2)21-3/h6-9,15H,1-5H3. The molecule has 1 aliphatic heterocycles. The molecule has 0 unspecified atom stereocenters. The second-order valence-electron chi connectivity index (χ2n) is 5.30. The SMILES string of the molecule is COC(OC)N1C(=O)C(OC)(OC)c2c1ccc1ccn(C)c21. The van der Waals surface area contributed by atoms with Gasteiger partial charge < -0.3 is 23.5 Å². The predicted molar refractivity (Wildman–Crippen MR) is 83.9 cm³/mol. The Bertz CT molecular complexity index is 746. The van der Waals surface area contributed by atoms with Gasteiger partial charge in [-0.05, 0) is 12.1 Å². The lowest BCUT2D eigenvalue weighted by Gasteiger charge is -2.28. The molecule has 2 aromatic rings. The lowest BCUT2D eigenvalue weighted by molar-refractivity contribution is -0.213. The lowest BCUT2D eigenvalue weighted by Crippen LogP contribution is -2.48. The monoisotopic (exact) mass is 320 g/mol. The van der Waals surface area contributed by atoms with E-state index in [2.05, 4.69) is 0 Å². The van der Waals surface area contributed by atoms with Crippen molar-refractivity contribution in [2.75, 3.05) is 33.3 Å². The van der Waals surface area contributed by atoms with Crippen LogP contribution in [-0.2, 0) is 36.6 Å². The summed E-state index contributed by atoms with van der Waals surface area (Å²) in [6, 6.07) is 5.77. The van der Waals surface area contributed by atoms with Crippen molar-refractivity contribution in [2.24, 2.45) is 7.05 Å². The second-order valence-corrected chi connectivity index (χ2v) is 5.30. The van der Waals surface area contributed by atoms with Gasteiger partial charge in [-0.25, -0.2) is 0 Å². The topological polar surface area (TPSA) is 62.2 Å². The molecule has 3 rings (SSSR count). The van der Waals surface area contributed by atoms with Gasteiger partial charge in [0.15, 0.2) is 0 Å². The number of benzene rings is 1. The number of aromatic nitrogens is 1. The molecule has 0 N–H and O–H groups in total. The van der Waals surface area contributed by atoms with Crippen molar-refractivity contribution in [3.63, 3.8) is 0 Å². The maximum Gasteiger partial charge on any atom is 0.296 e. The van der Waals surface area contributed by atoms with E-state index in [-0.39, 0.29) is 5.91 Å². The van der Waals surface area contributed by atoms with Crippen molar-refractivity contribution in [1.82, 2.24) is 4.57 Å². The van der Waals surface area contributed by atoms with Gasteiger partial charge in [-0.1, -0.05) is 6.07 Å². The van der Waals surface area contributed by atoms with Crippen LogP contribution in [0.1, 0.15) is 5.56 Å². The molecule has 0 fully saturated rings. The van der Waals surface area contributed by atoms with Crippen LogP contribution in [0.4, 0.5) is 5.69 Å². The quantitative estimate of drug-likeness (QED) is 0.782. The molecule has 0 aliphatic carbocycles. The van der Waals surface area contributed by atoms with Crippen LogP contribution >= 0.6 is 0 Å². The summed E-state index contributed by atoms with van der Waals surface area (Å²) in [5, 5.41) is 0.991. The number of rotatable bonds is 5. The fourth-order valence-electron chi connectivity index (χ4n) is 3.26. The molecule has 0 atom stereocenters. The average Bonchev–Trinajstić information content (AvgIpc) is 3.06. The van der Waals surface area contributed by atoms with Gasteiger partial charge in [-0.2, -0.15) is 0 Å². The van der Waals surface area contributed by atoms with Crippen molar-refractivity contribution in [2.45, 2.75) is 12.2 Å². The van der Waals surface area contributed by atoms with Crippen LogP contribution in [0.5, 0.6) is 0 Å². The van der Waals surface area contributed by atoms with Crippen LogP contribution in [0.2, 0.25) is 0 Å². The molecule has 0 radical (unpaired) electrons. The highest BCUT2D eigenvalue weighted by Gasteiger charge is 2.56. The maximum absolute atomic E-state index is 13.1. The van der Waals surface area contributed by atoms with E-state index in [1.54, 1.807) is 0 Å². The zero-order chi connectivity index (χ0) is 16.8. The number of amides is 1. The Morgan fingerprint density at radius 2 is 1.70 bits per heavy atom. The first-order valence-electron chi connectivity index (χ1n) is 7.13. The smallest absolute Gasteiger partial charge is 0.296 e. The fraction of sp³-hybridized carbons (Fsp3) is 0.438. The van der Waals surface area contributed by atoms with Gasteiger partial charge in [-0.15, -0.1) is 0 Å². The van der Waals surface area contributed by atoms with Crippen LogP contribution in [-0.4, -0.2) is 45.3 Å². The first kappa shape index (κ1) is 15.9. The van der Waals surface area contributed by atoms with Crippen LogP contribution < -0.4 is 4.90 Å². The third-order valence-electron chi connectivity index (χ3n) is 4.30. The molecule has 0 saturated carbocycles. The summed E-state index contributed by atoms with van der Waals surface area (Å²) in [7, 11) is 7.76. The Labute approximate surface area is 134 Å². The number of fused-ring (bicyclic) bond motifs is 3. The van der Waals surface area contributed by atoms with E-state index in [1.807, 2.05) is 36.0 Å². The van der Waals surface area contributed by atoms with Gasteiger partial charge in [0.1, 0.15) is 0 Å². The molecular formula is C16H20N2O5. The highest BCUT2D eigenvalue weighted by atomic mass is 16.7. The summed E-state index contributed by atoms with van der Waals surface area (Å²) in [4.78, 5) is 14.5. The van der Waals surface area contributed by atoms with E-state index in [9.17, 15) is 4.79 Å².